The number of benzene rings is 1. The van der Waals surface area contributed by atoms with Gasteiger partial charge in [-0.3, -0.25) is 0 Å². The topological polar surface area (TPSA) is 26.0 Å². The SMILES string of the molecule is CC1(N)CCc2ccc(Cl)cc2C1. The van der Waals surface area contributed by atoms with Crippen molar-refractivity contribution in [3.63, 3.8) is 0 Å². The van der Waals surface area contributed by atoms with Crippen LogP contribution in [0.5, 0.6) is 0 Å². The molecule has 1 atom stereocenters. The Balaban J connectivity index is 2.38. The average Bonchev–Trinajstić information content (AvgIpc) is 2.01. The maximum atomic E-state index is 6.10. The largest absolute Gasteiger partial charge is 0.325 e. The summed E-state index contributed by atoms with van der Waals surface area (Å²) in [6.07, 6.45) is 3.10. The van der Waals surface area contributed by atoms with Crippen LogP contribution in [0.1, 0.15) is 24.5 Å². The van der Waals surface area contributed by atoms with Crippen LogP contribution in [0.4, 0.5) is 0 Å². The molecular weight excluding hydrogens is 182 g/mol. The third kappa shape index (κ3) is 1.87. The summed E-state index contributed by atoms with van der Waals surface area (Å²) in [7, 11) is 0. The summed E-state index contributed by atoms with van der Waals surface area (Å²) in [4.78, 5) is 0. The lowest BCUT2D eigenvalue weighted by Crippen LogP contribution is -2.41. The Bertz CT molecular complexity index is 331. The van der Waals surface area contributed by atoms with E-state index >= 15 is 0 Å². The number of fused-ring (bicyclic) bond motifs is 1. The third-order valence-electron chi connectivity index (χ3n) is 2.73. The van der Waals surface area contributed by atoms with Crippen molar-refractivity contribution in [2.45, 2.75) is 31.7 Å². The summed E-state index contributed by atoms with van der Waals surface area (Å²) < 4.78 is 0. The Labute approximate surface area is 83.9 Å². The van der Waals surface area contributed by atoms with Crippen LogP contribution in [-0.4, -0.2) is 5.54 Å². The van der Waals surface area contributed by atoms with Crippen molar-refractivity contribution in [3.05, 3.63) is 34.3 Å². The van der Waals surface area contributed by atoms with Crippen LogP contribution < -0.4 is 5.73 Å². The normalized spacial score (nSPS) is 27.0. The summed E-state index contributed by atoms with van der Waals surface area (Å²) in [6, 6.07) is 6.12. The number of halogens is 1. The smallest absolute Gasteiger partial charge is 0.0408 e. The van der Waals surface area contributed by atoms with Gasteiger partial charge in [-0.2, -0.15) is 0 Å². The number of nitrogens with two attached hydrogens (primary N) is 1. The molecule has 0 bridgehead atoms. The minimum Gasteiger partial charge on any atom is -0.325 e. The second kappa shape index (κ2) is 3.00. The molecule has 1 aromatic rings. The van der Waals surface area contributed by atoms with Crippen molar-refractivity contribution in [1.82, 2.24) is 0 Å². The first-order chi connectivity index (χ1) is 6.07. The van der Waals surface area contributed by atoms with E-state index in [9.17, 15) is 0 Å². The number of rotatable bonds is 0. The second-order valence-corrected chi connectivity index (χ2v) is 4.68. The van der Waals surface area contributed by atoms with Crippen LogP contribution in [0.15, 0.2) is 18.2 Å². The highest BCUT2D eigenvalue weighted by Crippen LogP contribution is 2.28. The Kier molecular flexibility index (Phi) is 2.09. The fourth-order valence-corrected chi connectivity index (χ4v) is 2.14. The summed E-state index contributed by atoms with van der Waals surface area (Å²) in [5.41, 5.74) is 8.79. The molecule has 1 unspecified atom stereocenters. The fourth-order valence-electron chi connectivity index (χ4n) is 1.95. The van der Waals surface area contributed by atoms with Crippen LogP contribution in [0.3, 0.4) is 0 Å². The molecule has 0 heterocycles. The molecule has 0 spiro atoms. The van der Waals surface area contributed by atoms with E-state index in [1.807, 2.05) is 12.1 Å². The highest BCUT2D eigenvalue weighted by atomic mass is 35.5. The van der Waals surface area contributed by atoms with Gasteiger partial charge in [-0.15, -0.1) is 0 Å². The van der Waals surface area contributed by atoms with Gasteiger partial charge in [-0.25, -0.2) is 0 Å². The predicted octanol–water partition coefficient (Wildman–Crippen LogP) is 2.55. The van der Waals surface area contributed by atoms with Crippen molar-refractivity contribution in [2.75, 3.05) is 0 Å². The zero-order valence-electron chi connectivity index (χ0n) is 7.81. The lowest BCUT2D eigenvalue weighted by atomic mass is 9.80. The molecule has 2 rings (SSSR count). The summed E-state index contributed by atoms with van der Waals surface area (Å²) in [5, 5.41) is 0.816. The van der Waals surface area contributed by atoms with E-state index in [1.54, 1.807) is 0 Å². The minimum atomic E-state index is -0.0440. The predicted molar refractivity (Wildman–Crippen MR) is 56.1 cm³/mol. The van der Waals surface area contributed by atoms with Gasteiger partial charge in [-0.1, -0.05) is 17.7 Å². The molecule has 0 saturated carbocycles. The molecule has 0 aliphatic heterocycles. The van der Waals surface area contributed by atoms with Crippen molar-refractivity contribution in [3.8, 4) is 0 Å². The zero-order valence-corrected chi connectivity index (χ0v) is 8.56. The molecule has 1 aliphatic carbocycles. The maximum Gasteiger partial charge on any atom is 0.0408 e. The molecule has 2 N–H and O–H groups in total. The first-order valence-corrected chi connectivity index (χ1v) is 5.01. The van der Waals surface area contributed by atoms with Gasteiger partial charge in [0, 0.05) is 10.6 Å². The molecule has 70 valence electrons. The Morgan fingerprint density at radius 1 is 1.38 bits per heavy atom. The second-order valence-electron chi connectivity index (χ2n) is 4.24. The summed E-state index contributed by atoms with van der Waals surface area (Å²) in [5.74, 6) is 0. The van der Waals surface area contributed by atoms with Gasteiger partial charge in [0.2, 0.25) is 0 Å². The van der Waals surface area contributed by atoms with Crippen molar-refractivity contribution in [2.24, 2.45) is 5.73 Å². The first-order valence-electron chi connectivity index (χ1n) is 4.63. The Morgan fingerprint density at radius 2 is 2.15 bits per heavy atom. The maximum absolute atomic E-state index is 6.10. The van der Waals surface area contributed by atoms with Gasteiger partial charge in [0.05, 0.1) is 0 Å². The van der Waals surface area contributed by atoms with Gasteiger partial charge >= 0.3 is 0 Å². The molecule has 0 radical (unpaired) electrons. The number of hydrogen-bond donors (Lipinski definition) is 1. The lowest BCUT2D eigenvalue weighted by Gasteiger charge is -2.31. The molecule has 1 aromatic carbocycles. The van der Waals surface area contributed by atoms with Crippen LogP contribution >= 0.6 is 11.6 Å². The molecule has 0 fully saturated rings. The van der Waals surface area contributed by atoms with E-state index in [-0.39, 0.29) is 5.54 Å². The average molecular weight is 196 g/mol. The monoisotopic (exact) mass is 195 g/mol. The van der Waals surface area contributed by atoms with Gasteiger partial charge in [-0.05, 0) is 49.4 Å². The van der Waals surface area contributed by atoms with Gasteiger partial charge in [0.15, 0.2) is 0 Å². The highest BCUT2D eigenvalue weighted by molar-refractivity contribution is 6.30. The summed E-state index contributed by atoms with van der Waals surface area (Å²) in [6.45, 7) is 2.11. The van der Waals surface area contributed by atoms with E-state index in [0.29, 0.717) is 0 Å². The van der Waals surface area contributed by atoms with Crippen LogP contribution in [0, 0.1) is 0 Å². The molecule has 0 saturated heterocycles. The molecule has 1 nitrogen and oxygen atoms in total. The Morgan fingerprint density at radius 3 is 2.92 bits per heavy atom. The molecule has 0 aromatic heterocycles. The van der Waals surface area contributed by atoms with Gasteiger partial charge in [0.1, 0.15) is 0 Å². The number of aryl methyl sites for hydroxylation is 1. The molecule has 1 aliphatic rings. The third-order valence-corrected chi connectivity index (χ3v) is 2.96. The van der Waals surface area contributed by atoms with E-state index < -0.39 is 0 Å². The molecular formula is C11H14ClN. The summed E-state index contributed by atoms with van der Waals surface area (Å²) >= 11 is 5.93. The minimum absolute atomic E-state index is 0.0440. The van der Waals surface area contributed by atoms with Gasteiger partial charge < -0.3 is 5.73 Å². The van der Waals surface area contributed by atoms with Crippen LogP contribution in [-0.2, 0) is 12.8 Å². The standard InChI is InChI=1S/C11H14ClN/c1-11(13)5-4-8-2-3-10(12)6-9(8)7-11/h2-3,6H,4-5,7,13H2,1H3. The van der Waals surface area contributed by atoms with Gasteiger partial charge in [0.25, 0.3) is 0 Å². The quantitative estimate of drug-likeness (QED) is 0.677. The Hall–Kier alpha value is -0.530. The van der Waals surface area contributed by atoms with Crippen molar-refractivity contribution < 1.29 is 0 Å². The van der Waals surface area contributed by atoms with Crippen LogP contribution in [0.2, 0.25) is 5.02 Å². The van der Waals surface area contributed by atoms with E-state index in [2.05, 4.69) is 13.0 Å². The van der Waals surface area contributed by atoms with E-state index in [0.717, 1.165) is 24.3 Å². The van der Waals surface area contributed by atoms with E-state index in [4.69, 9.17) is 17.3 Å². The number of hydrogen-bond acceptors (Lipinski definition) is 1. The highest BCUT2D eigenvalue weighted by Gasteiger charge is 2.25. The first kappa shape index (κ1) is 9.04. The van der Waals surface area contributed by atoms with E-state index in [1.165, 1.54) is 11.1 Å². The van der Waals surface area contributed by atoms with Crippen molar-refractivity contribution in [1.29, 1.82) is 0 Å². The van der Waals surface area contributed by atoms with Crippen molar-refractivity contribution >= 4 is 11.6 Å². The van der Waals surface area contributed by atoms with Crippen LogP contribution in [0.25, 0.3) is 0 Å². The zero-order chi connectivity index (χ0) is 9.47. The fraction of sp³-hybridized carbons (Fsp3) is 0.455. The molecule has 13 heavy (non-hydrogen) atoms. The molecule has 2 heteroatoms. The molecule has 0 amide bonds. The lowest BCUT2D eigenvalue weighted by molar-refractivity contribution is 0.409.